The van der Waals surface area contributed by atoms with Crippen molar-refractivity contribution in [3.63, 3.8) is 0 Å². The molecule has 0 unspecified atom stereocenters. The van der Waals surface area contributed by atoms with Gasteiger partial charge in [0, 0.05) is 22.2 Å². The molecule has 6 rings (SSSR count). The minimum atomic E-state index is 0.840. The van der Waals surface area contributed by atoms with Crippen LogP contribution in [-0.4, -0.2) is 16.4 Å². The summed E-state index contributed by atoms with van der Waals surface area (Å²) in [5.41, 5.74) is 11.1. The molecule has 164 valence electrons. The normalized spacial score (nSPS) is 13.8. The predicted octanol–water partition coefficient (Wildman–Crippen LogP) is 7.78. The Hall–Kier alpha value is -4.44. The van der Waals surface area contributed by atoms with E-state index in [0.29, 0.717) is 0 Å². The van der Waals surface area contributed by atoms with Gasteiger partial charge in [-0.05, 0) is 50.2 Å². The zero-order valence-electron chi connectivity index (χ0n) is 19.1. The summed E-state index contributed by atoms with van der Waals surface area (Å²) >= 11 is 0. The van der Waals surface area contributed by atoms with Crippen molar-refractivity contribution in [1.29, 1.82) is 0 Å². The third kappa shape index (κ3) is 3.59. The first-order valence-corrected chi connectivity index (χ1v) is 11.4. The van der Waals surface area contributed by atoms with Crippen molar-refractivity contribution in [3.05, 3.63) is 119 Å². The molecular weight excluding hydrogens is 416 g/mol. The molecule has 0 amide bonds. The molecule has 0 saturated heterocycles. The summed E-state index contributed by atoms with van der Waals surface area (Å²) in [6, 6.07) is 33.3. The van der Waals surface area contributed by atoms with E-state index in [1.807, 2.05) is 24.3 Å². The zero-order valence-corrected chi connectivity index (χ0v) is 19.1. The number of fused-ring (bicyclic) bond motifs is 2. The fourth-order valence-corrected chi connectivity index (χ4v) is 4.34. The summed E-state index contributed by atoms with van der Waals surface area (Å²) in [4.78, 5) is 13.7. The average Bonchev–Trinajstić information content (AvgIpc) is 3.40. The first kappa shape index (κ1) is 20.2. The van der Waals surface area contributed by atoms with Gasteiger partial charge in [0.25, 0.3) is 0 Å². The van der Waals surface area contributed by atoms with E-state index in [1.165, 1.54) is 11.1 Å². The summed E-state index contributed by atoms with van der Waals surface area (Å²) < 4.78 is 0. The van der Waals surface area contributed by atoms with E-state index in [4.69, 9.17) is 9.98 Å². The number of H-pyrrole nitrogens is 1. The number of anilines is 2. The number of para-hydroxylation sites is 2. The highest BCUT2D eigenvalue weighted by Gasteiger charge is 2.28. The van der Waals surface area contributed by atoms with Crippen LogP contribution in [0.25, 0.3) is 10.9 Å². The predicted molar refractivity (Wildman–Crippen MR) is 143 cm³/mol. The van der Waals surface area contributed by atoms with Crippen molar-refractivity contribution in [3.8, 4) is 0 Å². The Kier molecular flexibility index (Phi) is 4.84. The Labute approximate surface area is 198 Å². The highest BCUT2D eigenvalue weighted by Crippen LogP contribution is 2.37. The van der Waals surface area contributed by atoms with Crippen LogP contribution in [0.3, 0.4) is 0 Å². The first-order chi connectivity index (χ1) is 16.7. The third-order valence-electron chi connectivity index (χ3n) is 6.15. The van der Waals surface area contributed by atoms with E-state index in [0.717, 1.165) is 56.3 Å². The standard InChI is InChI=1S/C30H24N4/c1-19-11-15-21(16-12-19)31-27-23-7-3-5-9-25(23)33-29(27)30-28(24-8-4-6-10-26(24)34-30)32-22-17-13-20(2)14-18-22/h3-18,31,33H,1-2H3. The van der Waals surface area contributed by atoms with Gasteiger partial charge in [-0.3, -0.25) is 0 Å². The third-order valence-corrected chi connectivity index (χ3v) is 6.15. The van der Waals surface area contributed by atoms with Gasteiger partial charge in [0.1, 0.15) is 11.4 Å². The molecule has 1 aliphatic heterocycles. The maximum Gasteiger partial charge on any atom is 0.116 e. The molecule has 2 heterocycles. The Morgan fingerprint density at radius 3 is 2.21 bits per heavy atom. The van der Waals surface area contributed by atoms with Crippen LogP contribution in [-0.2, 0) is 0 Å². The summed E-state index contributed by atoms with van der Waals surface area (Å²) in [6.45, 7) is 4.18. The number of aromatic amines is 1. The van der Waals surface area contributed by atoms with Crippen molar-refractivity contribution < 1.29 is 0 Å². The van der Waals surface area contributed by atoms with Gasteiger partial charge >= 0.3 is 0 Å². The lowest BCUT2D eigenvalue weighted by Crippen LogP contribution is -2.14. The van der Waals surface area contributed by atoms with E-state index in [-0.39, 0.29) is 0 Å². The van der Waals surface area contributed by atoms with E-state index < -0.39 is 0 Å². The highest BCUT2D eigenvalue weighted by molar-refractivity contribution is 6.58. The molecular formula is C30H24N4. The van der Waals surface area contributed by atoms with Gasteiger partial charge in [0.15, 0.2) is 0 Å². The molecule has 0 aliphatic carbocycles. The van der Waals surface area contributed by atoms with Gasteiger partial charge in [-0.1, -0.05) is 71.8 Å². The second-order valence-corrected chi connectivity index (χ2v) is 8.69. The molecule has 4 aromatic carbocycles. The number of nitrogens with one attached hydrogen (secondary N) is 2. The van der Waals surface area contributed by atoms with Crippen molar-refractivity contribution in [2.45, 2.75) is 13.8 Å². The fraction of sp³-hybridized carbons (Fsp3) is 0.0667. The van der Waals surface area contributed by atoms with Crippen molar-refractivity contribution in [1.82, 2.24) is 4.98 Å². The monoisotopic (exact) mass is 440 g/mol. The Morgan fingerprint density at radius 1 is 0.735 bits per heavy atom. The lowest BCUT2D eigenvalue weighted by Gasteiger charge is -2.10. The van der Waals surface area contributed by atoms with Crippen LogP contribution in [0.5, 0.6) is 0 Å². The molecule has 5 aromatic rings. The van der Waals surface area contributed by atoms with Gasteiger partial charge in [0.2, 0.25) is 0 Å². The number of aryl methyl sites for hydroxylation is 2. The van der Waals surface area contributed by atoms with Crippen LogP contribution >= 0.6 is 0 Å². The highest BCUT2D eigenvalue weighted by atomic mass is 15.0. The minimum absolute atomic E-state index is 0.840. The van der Waals surface area contributed by atoms with Crippen LogP contribution in [0.4, 0.5) is 22.7 Å². The van der Waals surface area contributed by atoms with Crippen LogP contribution in [0.15, 0.2) is 107 Å². The lowest BCUT2D eigenvalue weighted by molar-refractivity contribution is 1.40. The number of aliphatic imine (C=N–C) groups is 2. The van der Waals surface area contributed by atoms with E-state index in [2.05, 4.69) is 96.9 Å². The molecule has 0 saturated carbocycles. The molecule has 1 aromatic heterocycles. The van der Waals surface area contributed by atoms with Crippen molar-refractivity contribution in [2.24, 2.45) is 9.98 Å². The molecule has 4 heteroatoms. The average molecular weight is 441 g/mol. The maximum atomic E-state index is 5.07. The number of nitrogens with zero attached hydrogens (tertiary/aromatic N) is 2. The molecule has 4 nitrogen and oxygen atoms in total. The fourth-order valence-electron chi connectivity index (χ4n) is 4.34. The molecule has 0 fully saturated rings. The number of aromatic nitrogens is 1. The molecule has 0 spiro atoms. The molecule has 1 aliphatic rings. The van der Waals surface area contributed by atoms with Gasteiger partial charge in [-0.25, -0.2) is 9.98 Å². The number of benzene rings is 4. The minimum Gasteiger partial charge on any atom is -0.353 e. The number of rotatable bonds is 4. The summed E-state index contributed by atoms with van der Waals surface area (Å²) in [5.74, 6) is 0. The van der Waals surface area contributed by atoms with Crippen LogP contribution in [0, 0.1) is 13.8 Å². The van der Waals surface area contributed by atoms with Crippen LogP contribution in [0.2, 0.25) is 0 Å². The van der Waals surface area contributed by atoms with E-state index in [1.54, 1.807) is 0 Å². The Balaban J connectivity index is 1.54. The summed E-state index contributed by atoms with van der Waals surface area (Å²) in [5, 5.41) is 4.77. The van der Waals surface area contributed by atoms with Crippen LogP contribution < -0.4 is 5.32 Å². The second-order valence-electron chi connectivity index (χ2n) is 8.69. The Bertz CT molecular complexity index is 1570. The van der Waals surface area contributed by atoms with Crippen molar-refractivity contribution >= 4 is 45.1 Å². The molecule has 34 heavy (non-hydrogen) atoms. The SMILES string of the molecule is Cc1ccc(N=C2C(c3[nH]c4ccccc4c3Nc3ccc(C)cc3)=Nc3ccccc32)cc1. The summed E-state index contributed by atoms with van der Waals surface area (Å²) in [6.07, 6.45) is 0. The van der Waals surface area contributed by atoms with Gasteiger partial charge < -0.3 is 10.3 Å². The van der Waals surface area contributed by atoms with Gasteiger partial charge in [-0.2, -0.15) is 0 Å². The quantitative estimate of drug-likeness (QED) is 0.294. The molecule has 0 atom stereocenters. The zero-order chi connectivity index (χ0) is 23.1. The molecule has 0 radical (unpaired) electrons. The largest absolute Gasteiger partial charge is 0.353 e. The molecule has 2 N–H and O–H groups in total. The second kappa shape index (κ2) is 8.16. The van der Waals surface area contributed by atoms with E-state index >= 15 is 0 Å². The van der Waals surface area contributed by atoms with Crippen molar-refractivity contribution in [2.75, 3.05) is 5.32 Å². The number of hydrogen-bond donors (Lipinski definition) is 2. The smallest absolute Gasteiger partial charge is 0.116 e. The van der Waals surface area contributed by atoms with Gasteiger partial charge in [0.05, 0.1) is 22.8 Å². The lowest BCUT2D eigenvalue weighted by atomic mass is 10.0. The molecule has 0 bridgehead atoms. The van der Waals surface area contributed by atoms with Gasteiger partial charge in [-0.15, -0.1) is 0 Å². The topological polar surface area (TPSA) is 52.5 Å². The summed E-state index contributed by atoms with van der Waals surface area (Å²) in [7, 11) is 0. The maximum absolute atomic E-state index is 5.07. The first-order valence-electron chi connectivity index (χ1n) is 11.4. The van der Waals surface area contributed by atoms with E-state index in [9.17, 15) is 0 Å². The van der Waals surface area contributed by atoms with Crippen LogP contribution in [0.1, 0.15) is 22.4 Å². The number of hydrogen-bond acceptors (Lipinski definition) is 3. The Morgan fingerprint density at radius 2 is 1.41 bits per heavy atom.